The molecule has 122 valence electrons. The molecule has 1 aromatic carbocycles. The average molecular weight is 332 g/mol. The Hall–Kier alpha value is -2.05. The van der Waals surface area contributed by atoms with Crippen LogP contribution in [0.25, 0.3) is 10.4 Å². The van der Waals surface area contributed by atoms with Gasteiger partial charge < -0.3 is 20.5 Å². The van der Waals surface area contributed by atoms with E-state index in [1.54, 1.807) is 22.3 Å². The van der Waals surface area contributed by atoms with Crippen LogP contribution in [0.5, 0.6) is 11.5 Å². The van der Waals surface area contributed by atoms with Crippen molar-refractivity contribution in [1.29, 1.82) is 0 Å². The summed E-state index contributed by atoms with van der Waals surface area (Å²) >= 11 is 1.67. The molecule has 2 heterocycles. The molecule has 2 aromatic rings. The molecule has 0 atom stereocenters. The number of amides is 1. The summed E-state index contributed by atoms with van der Waals surface area (Å²) in [5, 5.41) is 10.3. The van der Waals surface area contributed by atoms with Gasteiger partial charge in [0.2, 0.25) is 5.91 Å². The van der Waals surface area contributed by atoms with Crippen molar-refractivity contribution in [3.63, 3.8) is 0 Å². The van der Waals surface area contributed by atoms with Gasteiger partial charge in [0.15, 0.2) is 11.5 Å². The second-order valence-electron chi connectivity index (χ2n) is 5.60. The van der Waals surface area contributed by atoms with Crippen LogP contribution in [0.4, 0.5) is 0 Å². The molecule has 1 aliphatic rings. The van der Waals surface area contributed by atoms with Gasteiger partial charge in [0, 0.05) is 34.8 Å². The monoisotopic (exact) mass is 332 g/mol. The van der Waals surface area contributed by atoms with Crippen molar-refractivity contribution in [3.8, 4) is 21.9 Å². The number of phenols is 1. The van der Waals surface area contributed by atoms with Gasteiger partial charge in [-0.2, -0.15) is 0 Å². The van der Waals surface area contributed by atoms with Crippen LogP contribution in [0.15, 0.2) is 24.3 Å². The van der Waals surface area contributed by atoms with E-state index in [1.165, 1.54) is 4.88 Å². The highest BCUT2D eigenvalue weighted by Crippen LogP contribution is 2.39. The van der Waals surface area contributed by atoms with Crippen molar-refractivity contribution in [2.45, 2.75) is 19.9 Å². The predicted molar refractivity (Wildman–Crippen MR) is 90.7 cm³/mol. The summed E-state index contributed by atoms with van der Waals surface area (Å²) in [7, 11) is 0. The summed E-state index contributed by atoms with van der Waals surface area (Å²) in [6.07, 6.45) is 0.325. The van der Waals surface area contributed by atoms with E-state index in [-0.39, 0.29) is 11.7 Å². The van der Waals surface area contributed by atoms with Crippen LogP contribution in [-0.4, -0.2) is 35.6 Å². The number of fused-ring (bicyclic) bond motifs is 1. The molecular formula is C17H20N2O3S. The number of aromatic hydroxyl groups is 1. The van der Waals surface area contributed by atoms with E-state index in [0.29, 0.717) is 38.4 Å². The zero-order chi connectivity index (χ0) is 16.4. The molecule has 5 nitrogen and oxygen atoms in total. The fourth-order valence-electron chi connectivity index (χ4n) is 2.73. The maximum atomic E-state index is 12.1. The van der Waals surface area contributed by atoms with Crippen LogP contribution in [0.3, 0.4) is 0 Å². The first-order chi connectivity index (χ1) is 11.1. The summed E-state index contributed by atoms with van der Waals surface area (Å²) in [5.41, 5.74) is 7.25. The summed E-state index contributed by atoms with van der Waals surface area (Å²) in [4.78, 5) is 16.2. The molecule has 1 aromatic heterocycles. The fraction of sp³-hybridized carbons (Fsp3) is 0.353. The van der Waals surface area contributed by atoms with E-state index in [0.717, 1.165) is 16.0 Å². The van der Waals surface area contributed by atoms with Crippen molar-refractivity contribution in [2.24, 2.45) is 5.73 Å². The highest BCUT2D eigenvalue weighted by Gasteiger charge is 2.22. The number of hydrogen-bond donors (Lipinski definition) is 2. The summed E-state index contributed by atoms with van der Waals surface area (Å²) in [5.74, 6) is 0.613. The Kier molecular flexibility index (Phi) is 4.54. The van der Waals surface area contributed by atoms with Crippen LogP contribution in [-0.2, 0) is 11.3 Å². The molecule has 0 aliphatic carbocycles. The Labute approximate surface area is 139 Å². The van der Waals surface area contributed by atoms with Crippen molar-refractivity contribution in [3.05, 3.63) is 34.7 Å². The molecule has 0 fully saturated rings. The third kappa shape index (κ3) is 3.33. The van der Waals surface area contributed by atoms with E-state index >= 15 is 0 Å². The number of nitrogens with two attached hydrogens (primary N) is 1. The summed E-state index contributed by atoms with van der Waals surface area (Å²) in [6, 6.07) is 7.81. The molecule has 1 aliphatic heterocycles. The Balaban J connectivity index is 1.95. The minimum atomic E-state index is 0.0146. The van der Waals surface area contributed by atoms with E-state index in [4.69, 9.17) is 10.5 Å². The third-order valence-electron chi connectivity index (χ3n) is 3.85. The van der Waals surface area contributed by atoms with Gasteiger partial charge in [-0.1, -0.05) is 0 Å². The molecule has 23 heavy (non-hydrogen) atoms. The molecule has 0 spiro atoms. The quantitative estimate of drug-likeness (QED) is 0.905. The number of rotatable bonds is 3. The predicted octanol–water partition coefficient (Wildman–Crippen LogP) is 2.50. The molecule has 1 amide bonds. The van der Waals surface area contributed by atoms with Crippen molar-refractivity contribution >= 4 is 17.2 Å². The number of hydrogen-bond acceptors (Lipinski definition) is 5. The first-order valence-electron chi connectivity index (χ1n) is 7.62. The SMILES string of the molecule is Cc1ccc(-c2cc(O)c3c(c2)CN(C(=O)CCN)CCO3)s1. The molecule has 0 unspecified atom stereocenters. The number of carbonyl (C=O) groups excluding carboxylic acids is 1. The van der Waals surface area contributed by atoms with E-state index < -0.39 is 0 Å². The zero-order valence-electron chi connectivity index (χ0n) is 13.0. The van der Waals surface area contributed by atoms with Gasteiger partial charge in [-0.25, -0.2) is 0 Å². The van der Waals surface area contributed by atoms with Gasteiger partial charge in [0.05, 0.1) is 6.54 Å². The van der Waals surface area contributed by atoms with Crippen LogP contribution < -0.4 is 10.5 Å². The number of aryl methyl sites for hydroxylation is 1. The Morgan fingerprint density at radius 1 is 1.43 bits per heavy atom. The smallest absolute Gasteiger partial charge is 0.224 e. The maximum absolute atomic E-state index is 12.1. The van der Waals surface area contributed by atoms with Crippen molar-refractivity contribution in [2.75, 3.05) is 19.7 Å². The van der Waals surface area contributed by atoms with E-state index in [1.807, 2.05) is 19.1 Å². The number of phenolic OH excluding ortho intramolecular Hbond substituents is 1. The molecule has 0 bridgehead atoms. The van der Waals surface area contributed by atoms with E-state index in [9.17, 15) is 9.90 Å². The number of thiophene rings is 1. The molecule has 3 rings (SSSR count). The van der Waals surface area contributed by atoms with Gasteiger partial charge in [-0.15, -0.1) is 11.3 Å². The van der Waals surface area contributed by atoms with Gasteiger partial charge >= 0.3 is 0 Å². The topological polar surface area (TPSA) is 75.8 Å². The standard InChI is InChI=1S/C17H20N2O3S/c1-11-2-3-15(23-11)12-8-13-10-19(16(21)4-5-18)6-7-22-17(13)14(20)9-12/h2-3,8-9,20H,4-7,10,18H2,1H3. The maximum Gasteiger partial charge on any atom is 0.224 e. The van der Waals surface area contributed by atoms with Gasteiger partial charge in [0.25, 0.3) is 0 Å². The number of benzene rings is 1. The van der Waals surface area contributed by atoms with Crippen LogP contribution in [0, 0.1) is 6.92 Å². The van der Waals surface area contributed by atoms with Gasteiger partial charge in [-0.05, 0) is 36.8 Å². The van der Waals surface area contributed by atoms with Crippen LogP contribution in [0.2, 0.25) is 0 Å². The second-order valence-corrected chi connectivity index (χ2v) is 6.88. The molecule has 0 radical (unpaired) electrons. The highest BCUT2D eigenvalue weighted by atomic mass is 32.1. The lowest BCUT2D eigenvalue weighted by atomic mass is 10.1. The molecular weight excluding hydrogens is 312 g/mol. The first-order valence-corrected chi connectivity index (χ1v) is 8.43. The third-order valence-corrected chi connectivity index (χ3v) is 4.90. The van der Waals surface area contributed by atoms with Gasteiger partial charge in [-0.3, -0.25) is 4.79 Å². The summed E-state index contributed by atoms with van der Waals surface area (Å²) in [6.45, 7) is 3.69. The first kappa shape index (κ1) is 15.8. The normalized spacial score (nSPS) is 14.1. The van der Waals surface area contributed by atoms with Gasteiger partial charge in [0.1, 0.15) is 6.61 Å². The molecule has 0 saturated heterocycles. The second kappa shape index (κ2) is 6.60. The van der Waals surface area contributed by atoms with E-state index in [2.05, 4.69) is 6.07 Å². The fourth-order valence-corrected chi connectivity index (χ4v) is 3.58. The van der Waals surface area contributed by atoms with Crippen LogP contribution in [0.1, 0.15) is 16.9 Å². The zero-order valence-corrected chi connectivity index (χ0v) is 13.9. The lowest BCUT2D eigenvalue weighted by molar-refractivity contribution is -0.131. The molecule has 6 heteroatoms. The van der Waals surface area contributed by atoms with Crippen molar-refractivity contribution < 1.29 is 14.6 Å². The number of ether oxygens (including phenoxy) is 1. The lowest BCUT2D eigenvalue weighted by Crippen LogP contribution is -2.33. The highest BCUT2D eigenvalue weighted by molar-refractivity contribution is 7.15. The lowest BCUT2D eigenvalue weighted by Gasteiger charge is -2.19. The minimum absolute atomic E-state index is 0.0146. The van der Waals surface area contributed by atoms with Crippen molar-refractivity contribution in [1.82, 2.24) is 4.90 Å². The number of nitrogens with zero attached hydrogens (tertiary/aromatic N) is 1. The Morgan fingerprint density at radius 3 is 2.96 bits per heavy atom. The molecule has 3 N–H and O–H groups in total. The largest absolute Gasteiger partial charge is 0.504 e. The number of carbonyl (C=O) groups is 1. The summed E-state index contributed by atoms with van der Waals surface area (Å²) < 4.78 is 5.66. The Morgan fingerprint density at radius 2 is 2.26 bits per heavy atom. The Bertz CT molecular complexity index is 727. The average Bonchev–Trinajstić information content (AvgIpc) is 2.82. The molecule has 0 saturated carbocycles. The van der Waals surface area contributed by atoms with Crippen LogP contribution >= 0.6 is 11.3 Å². The minimum Gasteiger partial charge on any atom is -0.504 e.